The largest absolute Gasteiger partial charge is 0.416 e. The van der Waals surface area contributed by atoms with Crippen LogP contribution in [0.2, 0.25) is 0 Å². The summed E-state index contributed by atoms with van der Waals surface area (Å²) < 4.78 is 44.1. The highest BCUT2D eigenvalue weighted by molar-refractivity contribution is 6.04. The van der Waals surface area contributed by atoms with Crippen molar-refractivity contribution in [2.45, 2.75) is 38.8 Å². The van der Waals surface area contributed by atoms with Gasteiger partial charge >= 0.3 is 12.2 Å². The Bertz CT molecular complexity index is 1010. The van der Waals surface area contributed by atoms with Crippen LogP contribution < -0.4 is 20.9 Å². The monoisotopic (exact) mass is 492 g/mol. The van der Waals surface area contributed by atoms with Gasteiger partial charge in [0.1, 0.15) is 0 Å². The maximum absolute atomic E-state index is 13.0. The number of benzene rings is 2. The molecule has 0 atom stereocenters. The first-order chi connectivity index (χ1) is 16.8. The van der Waals surface area contributed by atoms with Crippen LogP contribution in [0.15, 0.2) is 42.5 Å². The van der Waals surface area contributed by atoms with E-state index in [-0.39, 0.29) is 11.6 Å². The molecule has 35 heavy (non-hydrogen) atoms. The van der Waals surface area contributed by atoms with E-state index in [1.165, 1.54) is 12.1 Å². The molecule has 3 rings (SSSR count). The molecule has 1 aliphatic heterocycles. The number of halogens is 3. The Morgan fingerprint density at radius 3 is 2.40 bits per heavy atom. The zero-order chi connectivity index (χ0) is 25.3. The smallest absolute Gasteiger partial charge is 0.382 e. The quantitative estimate of drug-likeness (QED) is 0.404. The number of hydrogen-bond donors (Lipinski definition) is 3. The van der Waals surface area contributed by atoms with Crippen LogP contribution in [-0.4, -0.2) is 44.8 Å². The van der Waals surface area contributed by atoms with E-state index in [1.807, 2.05) is 6.92 Å². The highest BCUT2D eigenvalue weighted by Crippen LogP contribution is 2.31. The molecule has 7 nitrogen and oxygen atoms in total. The van der Waals surface area contributed by atoms with Crippen molar-refractivity contribution in [3.8, 4) is 0 Å². The molecule has 190 valence electrons. The van der Waals surface area contributed by atoms with Crippen molar-refractivity contribution in [2.24, 2.45) is 0 Å². The fourth-order valence-electron chi connectivity index (χ4n) is 3.89. The van der Waals surface area contributed by atoms with Gasteiger partial charge in [-0.15, -0.1) is 0 Å². The van der Waals surface area contributed by atoms with Gasteiger partial charge in [0.05, 0.1) is 11.1 Å². The van der Waals surface area contributed by atoms with Crippen LogP contribution in [0.25, 0.3) is 0 Å². The molecule has 2 aromatic rings. The van der Waals surface area contributed by atoms with Crippen molar-refractivity contribution in [3.63, 3.8) is 0 Å². The summed E-state index contributed by atoms with van der Waals surface area (Å²) >= 11 is 0. The molecule has 1 saturated heterocycles. The van der Waals surface area contributed by atoms with Crippen molar-refractivity contribution < 1.29 is 27.5 Å². The molecule has 0 radical (unpaired) electrons. The van der Waals surface area contributed by atoms with Crippen molar-refractivity contribution in [1.82, 2.24) is 5.32 Å². The lowest BCUT2D eigenvalue weighted by Crippen LogP contribution is -2.33. The zero-order valence-electron chi connectivity index (χ0n) is 19.7. The molecule has 2 aromatic carbocycles. The number of carbonyl (C=O) groups is 2. The molecule has 0 spiro atoms. The summed E-state index contributed by atoms with van der Waals surface area (Å²) in [5, 5.41) is 7.91. The first-order valence-corrected chi connectivity index (χ1v) is 11.8. The van der Waals surface area contributed by atoms with Gasteiger partial charge in [0.2, 0.25) is 0 Å². The standard InChI is InChI=1S/C25H31F3N4O3/c1-2-35-15-7-12-29-23(33)21-17-20(10-11-22(21)32-13-4-3-5-14-32)31-24(34)30-19-9-6-8-18(16-19)25(26,27)28/h6,8-11,16-17H,2-5,7,12-15H2,1H3,(H,29,33)(H2,30,31,34). The number of hydrogen-bond acceptors (Lipinski definition) is 4. The van der Waals surface area contributed by atoms with E-state index >= 15 is 0 Å². The first kappa shape index (κ1) is 26.3. The lowest BCUT2D eigenvalue weighted by Gasteiger charge is -2.30. The molecule has 1 heterocycles. The van der Waals surface area contributed by atoms with Gasteiger partial charge < -0.3 is 25.6 Å². The lowest BCUT2D eigenvalue weighted by atomic mass is 10.1. The zero-order valence-corrected chi connectivity index (χ0v) is 19.7. The van der Waals surface area contributed by atoms with Crippen LogP contribution in [0.5, 0.6) is 0 Å². The SMILES string of the molecule is CCOCCCNC(=O)c1cc(NC(=O)Nc2cccc(C(F)(F)F)c2)ccc1N1CCCCC1. The van der Waals surface area contributed by atoms with Gasteiger partial charge in [-0.1, -0.05) is 6.07 Å². The summed E-state index contributed by atoms with van der Waals surface area (Å²) in [6.45, 7) is 5.20. The molecule has 0 saturated carbocycles. The summed E-state index contributed by atoms with van der Waals surface area (Å²) in [5.41, 5.74) is 0.727. The highest BCUT2D eigenvalue weighted by atomic mass is 19.4. The number of rotatable bonds is 9. The number of piperidine rings is 1. The second-order valence-corrected chi connectivity index (χ2v) is 8.24. The lowest BCUT2D eigenvalue weighted by molar-refractivity contribution is -0.137. The van der Waals surface area contributed by atoms with Crippen LogP contribution in [0.4, 0.5) is 35.0 Å². The third kappa shape index (κ3) is 7.88. The van der Waals surface area contributed by atoms with Gasteiger partial charge in [-0.25, -0.2) is 4.79 Å². The fraction of sp³-hybridized carbons (Fsp3) is 0.440. The Morgan fingerprint density at radius 2 is 1.71 bits per heavy atom. The van der Waals surface area contributed by atoms with Gasteiger partial charge in [-0.3, -0.25) is 4.79 Å². The van der Waals surface area contributed by atoms with Crippen molar-refractivity contribution >= 4 is 29.0 Å². The average Bonchev–Trinajstić information content (AvgIpc) is 2.84. The van der Waals surface area contributed by atoms with E-state index in [4.69, 9.17) is 4.74 Å². The van der Waals surface area contributed by atoms with E-state index in [2.05, 4.69) is 20.9 Å². The predicted molar refractivity (Wildman–Crippen MR) is 130 cm³/mol. The Morgan fingerprint density at radius 1 is 1.00 bits per heavy atom. The normalized spacial score (nSPS) is 13.9. The molecular weight excluding hydrogens is 461 g/mol. The Hall–Kier alpha value is -3.27. The van der Waals surface area contributed by atoms with E-state index in [0.717, 1.165) is 50.2 Å². The highest BCUT2D eigenvalue weighted by Gasteiger charge is 2.30. The van der Waals surface area contributed by atoms with Crippen LogP contribution in [0, 0.1) is 0 Å². The number of nitrogens with zero attached hydrogens (tertiary/aromatic N) is 1. The number of carbonyl (C=O) groups excluding carboxylic acids is 2. The summed E-state index contributed by atoms with van der Waals surface area (Å²) in [6, 6.07) is 8.74. The van der Waals surface area contributed by atoms with Gasteiger partial charge in [-0.05, 0) is 69.0 Å². The maximum atomic E-state index is 13.0. The predicted octanol–water partition coefficient (Wildman–Crippen LogP) is 5.50. The summed E-state index contributed by atoms with van der Waals surface area (Å²) in [5.74, 6) is -0.260. The average molecular weight is 493 g/mol. The summed E-state index contributed by atoms with van der Waals surface area (Å²) in [6.07, 6.45) is -0.617. The van der Waals surface area contributed by atoms with E-state index in [1.54, 1.807) is 18.2 Å². The van der Waals surface area contributed by atoms with Crippen LogP contribution >= 0.6 is 0 Å². The number of anilines is 3. The van der Waals surface area contributed by atoms with Gasteiger partial charge in [0.15, 0.2) is 0 Å². The molecule has 3 amide bonds. The number of urea groups is 1. The van der Waals surface area contributed by atoms with E-state index < -0.39 is 17.8 Å². The third-order valence-electron chi connectivity index (χ3n) is 5.60. The van der Waals surface area contributed by atoms with Crippen molar-refractivity contribution in [3.05, 3.63) is 53.6 Å². The molecular formula is C25H31F3N4O3. The second-order valence-electron chi connectivity index (χ2n) is 8.24. The number of amides is 3. The van der Waals surface area contributed by atoms with E-state index in [9.17, 15) is 22.8 Å². The molecule has 0 bridgehead atoms. The first-order valence-electron chi connectivity index (χ1n) is 11.8. The molecule has 0 aliphatic carbocycles. The van der Waals surface area contributed by atoms with Crippen molar-refractivity contribution in [1.29, 1.82) is 0 Å². The molecule has 10 heteroatoms. The molecule has 0 unspecified atom stereocenters. The van der Waals surface area contributed by atoms with Crippen LogP contribution in [-0.2, 0) is 10.9 Å². The number of alkyl halides is 3. The van der Waals surface area contributed by atoms with Gasteiger partial charge in [-0.2, -0.15) is 13.2 Å². The third-order valence-corrected chi connectivity index (χ3v) is 5.60. The van der Waals surface area contributed by atoms with E-state index in [0.29, 0.717) is 37.4 Å². The summed E-state index contributed by atoms with van der Waals surface area (Å²) in [4.78, 5) is 27.6. The minimum Gasteiger partial charge on any atom is -0.382 e. The van der Waals surface area contributed by atoms with Gasteiger partial charge in [0.25, 0.3) is 5.91 Å². The molecule has 1 fully saturated rings. The number of nitrogens with one attached hydrogen (secondary N) is 3. The summed E-state index contributed by atoms with van der Waals surface area (Å²) in [7, 11) is 0. The minimum atomic E-state index is -4.51. The topological polar surface area (TPSA) is 82.7 Å². The number of ether oxygens (including phenoxy) is 1. The van der Waals surface area contributed by atoms with Crippen LogP contribution in [0.3, 0.4) is 0 Å². The minimum absolute atomic E-state index is 0.00882. The maximum Gasteiger partial charge on any atom is 0.416 e. The molecule has 3 N–H and O–H groups in total. The Kier molecular flexibility index (Phi) is 9.36. The fourth-order valence-corrected chi connectivity index (χ4v) is 3.89. The molecule has 0 aromatic heterocycles. The van der Waals surface area contributed by atoms with Crippen molar-refractivity contribution in [2.75, 3.05) is 48.4 Å². The van der Waals surface area contributed by atoms with Gasteiger partial charge in [0, 0.05) is 49.9 Å². The Labute approximate surface area is 203 Å². The van der Waals surface area contributed by atoms with Crippen LogP contribution in [0.1, 0.15) is 48.5 Å². The Balaban J connectivity index is 1.72. The molecule has 1 aliphatic rings. The second kappa shape index (κ2) is 12.4.